The maximum Gasteiger partial charge on any atom is 0.123 e. The van der Waals surface area contributed by atoms with Gasteiger partial charge in [-0.2, -0.15) is 5.26 Å². The Morgan fingerprint density at radius 1 is 1.38 bits per heavy atom. The summed E-state index contributed by atoms with van der Waals surface area (Å²) in [5, 5.41) is 12.0. The average Bonchev–Trinajstić information content (AvgIpc) is 2.29. The molecule has 2 unspecified atom stereocenters. The molecule has 1 rings (SSSR count). The van der Waals surface area contributed by atoms with Crippen LogP contribution in [0.15, 0.2) is 24.3 Å². The standard InChI is InChI=1S/C13H17FN2/c1-3-13(9-15)16-10(2)8-11-4-6-12(14)7-5-11/h4-7,10,13,16H,3,8H2,1-2H3. The van der Waals surface area contributed by atoms with Crippen molar-refractivity contribution in [2.75, 3.05) is 0 Å². The number of hydrogen-bond acceptors (Lipinski definition) is 2. The molecule has 0 radical (unpaired) electrons. The fraction of sp³-hybridized carbons (Fsp3) is 0.462. The molecule has 1 N–H and O–H groups in total. The normalized spacial score (nSPS) is 14.1. The molecule has 0 bridgehead atoms. The van der Waals surface area contributed by atoms with E-state index in [1.807, 2.05) is 13.8 Å². The molecule has 0 aliphatic rings. The van der Waals surface area contributed by atoms with E-state index >= 15 is 0 Å². The monoisotopic (exact) mass is 220 g/mol. The molecule has 1 aromatic carbocycles. The first-order chi connectivity index (χ1) is 7.65. The van der Waals surface area contributed by atoms with Gasteiger partial charge in [-0.3, -0.25) is 5.32 Å². The molecule has 86 valence electrons. The van der Waals surface area contributed by atoms with Crippen LogP contribution in [0.1, 0.15) is 25.8 Å². The maximum absolute atomic E-state index is 12.7. The molecule has 1 aromatic rings. The quantitative estimate of drug-likeness (QED) is 0.828. The Balaban J connectivity index is 2.48. The maximum atomic E-state index is 12.7. The van der Waals surface area contributed by atoms with Gasteiger partial charge in [-0.15, -0.1) is 0 Å². The summed E-state index contributed by atoms with van der Waals surface area (Å²) < 4.78 is 12.7. The molecule has 0 amide bonds. The number of nitriles is 1. The van der Waals surface area contributed by atoms with E-state index in [4.69, 9.17) is 5.26 Å². The number of rotatable bonds is 5. The highest BCUT2D eigenvalue weighted by atomic mass is 19.1. The number of halogens is 1. The van der Waals surface area contributed by atoms with Crippen LogP contribution in [0.4, 0.5) is 4.39 Å². The van der Waals surface area contributed by atoms with Gasteiger partial charge < -0.3 is 0 Å². The van der Waals surface area contributed by atoms with Crippen molar-refractivity contribution in [2.45, 2.75) is 38.8 Å². The Kier molecular flexibility index (Phi) is 4.94. The lowest BCUT2D eigenvalue weighted by Gasteiger charge is -2.16. The van der Waals surface area contributed by atoms with Crippen LogP contribution in [-0.2, 0) is 6.42 Å². The minimum Gasteiger partial charge on any atom is -0.299 e. The molecule has 0 spiro atoms. The van der Waals surface area contributed by atoms with Crippen LogP contribution in [0.25, 0.3) is 0 Å². The topological polar surface area (TPSA) is 35.8 Å². The highest BCUT2D eigenvalue weighted by molar-refractivity contribution is 5.17. The smallest absolute Gasteiger partial charge is 0.123 e. The van der Waals surface area contributed by atoms with Gasteiger partial charge in [0.1, 0.15) is 5.82 Å². The van der Waals surface area contributed by atoms with Crippen molar-refractivity contribution < 1.29 is 4.39 Å². The van der Waals surface area contributed by atoms with Crippen LogP contribution in [0.3, 0.4) is 0 Å². The van der Waals surface area contributed by atoms with E-state index in [1.54, 1.807) is 12.1 Å². The fourth-order valence-electron chi connectivity index (χ4n) is 1.62. The second kappa shape index (κ2) is 6.24. The zero-order valence-electron chi connectivity index (χ0n) is 9.70. The zero-order chi connectivity index (χ0) is 12.0. The Bertz CT molecular complexity index is 353. The van der Waals surface area contributed by atoms with Crippen molar-refractivity contribution in [1.29, 1.82) is 5.26 Å². The molecule has 0 aliphatic carbocycles. The average molecular weight is 220 g/mol. The lowest BCUT2D eigenvalue weighted by atomic mass is 10.1. The zero-order valence-corrected chi connectivity index (χ0v) is 9.70. The molecule has 2 nitrogen and oxygen atoms in total. The molecule has 0 aliphatic heterocycles. The summed E-state index contributed by atoms with van der Waals surface area (Å²) in [7, 11) is 0. The highest BCUT2D eigenvalue weighted by Crippen LogP contribution is 2.06. The van der Waals surface area contributed by atoms with Gasteiger partial charge in [0.15, 0.2) is 0 Å². The van der Waals surface area contributed by atoms with Gasteiger partial charge in [0.05, 0.1) is 12.1 Å². The summed E-state index contributed by atoms with van der Waals surface area (Å²) in [6.45, 7) is 4.01. The molecule has 0 fully saturated rings. The number of benzene rings is 1. The van der Waals surface area contributed by atoms with Crippen molar-refractivity contribution in [3.63, 3.8) is 0 Å². The Morgan fingerprint density at radius 3 is 2.50 bits per heavy atom. The molecule has 2 atom stereocenters. The van der Waals surface area contributed by atoms with E-state index < -0.39 is 0 Å². The lowest BCUT2D eigenvalue weighted by Crippen LogP contribution is -2.36. The third-order valence-corrected chi connectivity index (χ3v) is 2.50. The van der Waals surface area contributed by atoms with Gasteiger partial charge in [-0.25, -0.2) is 4.39 Å². The van der Waals surface area contributed by atoms with Crippen molar-refractivity contribution >= 4 is 0 Å². The van der Waals surface area contributed by atoms with E-state index in [0.717, 1.165) is 18.4 Å². The second-order valence-electron chi connectivity index (χ2n) is 3.99. The number of nitrogens with zero attached hydrogens (tertiary/aromatic N) is 1. The van der Waals surface area contributed by atoms with Crippen LogP contribution < -0.4 is 5.32 Å². The minimum absolute atomic E-state index is 0.101. The van der Waals surface area contributed by atoms with Gasteiger partial charge >= 0.3 is 0 Å². The Labute approximate surface area is 96.1 Å². The van der Waals surface area contributed by atoms with Crippen LogP contribution in [-0.4, -0.2) is 12.1 Å². The van der Waals surface area contributed by atoms with E-state index in [0.29, 0.717) is 0 Å². The van der Waals surface area contributed by atoms with E-state index in [2.05, 4.69) is 11.4 Å². The summed E-state index contributed by atoms with van der Waals surface area (Å²) in [5.74, 6) is -0.215. The fourth-order valence-corrected chi connectivity index (χ4v) is 1.62. The predicted octanol–water partition coefficient (Wildman–Crippen LogP) is 2.65. The van der Waals surface area contributed by atoms with Gasteiger partial charge in [-0.1, -0.05) is 19.1 Å². The number of hydrogen-bond donors (Lipinski definition) is 1. The summed E-state index contributed by atoms with van der Waals surface area (Å²) in [5.41, 5.74) is 1.08. The highest BCUT2D eigenvalue weighted by Gasteiger charge is 2.09. The van der Waals surface area contributed by atoms with Crippen molar-refractivity contribution in [3.8, 4) is 6.07 Å². The molecule has 0 aromatic heterocycles. The molecule has 0 heterocycles. The van der Waals surface area contributed by atoms with Crippen LogP contribution in [0.2, 0.25) is 0 Å². The molecule has 16 heavy (non-hydrogen) atoms. The Hall–Kier alpha value is -1.40. The van der Waals surface area contributed by atoms with Gasteiger partial charge in [0.2, 0.25) is 0 Å². The molecule has 3 heteroatoms. The van der Waals surface area contributed by atoms with Crippen LogP contribution >= 0.6 is 0 Å². The molecular weight excluding hydrogens is 203 g/mol. The van der Waals surface area contributed by atoms with Gasteiger partial charge in [-0.05, 0) is 37.5 Å². The van der Waals surface area contributed by atoms with Crippen LogP contribution in [0, 0.1) is 17.1 Å². The first-order valence-electron chi connectivity index (χ1n) is 5.55. The van der Waals surface area contributed by atoms with E-state index in [9.17, 15) is 4.39 Å². The number of nitrogens with one attached hydrogen (secondary N) is 1. The molecule has 0 saturated carbocycles. The summed E-state index contributed by atoms with van der Waals surface area (Å²) >= 11 is 0. The van der Waals surface area contributed by atoms with Crippen molar-refractivity contribution in [1.82, 2.24) is 5.32 Å². The second-order valence-corrected chi connectivity index (χ2v) is 3.99. The third kappa shape index (κ3) is 4.00. The summed E-state index contributed by atoms with van der Waals surface area (Å²) in [4.78, 5) is 0. The summed E-state index contributed by atoms with van der Waals surface area (Å²) in [6, 6.07) is 8.80. The molecular formula is C13H17FN2. The third-order valence-electron chi connectivity index (χ3n) is 2.50. The van der Waals surface area contributed by atoms with Crippen molar-refractivity contribution in [3.05, 3.63) is 35.6 Å². The van der Waals surface area contributed by atoms with Gasteiger partial charge in [0, 0.05) is 6.04 Å². The first-order valence-corrected chi connectivity index (χ1v) is 5.55. The predicted molar refractivity (Wildman–Crippen MR) is 62.4 cm³/mol. The van der Waals surface area contributed by atoms with Crippen molar-refractivity contribution in [2.24, 2.45) is 0 Å². The first kappa shape index (κ1) is 12.7. The van der Waals surface area contributed by atoms with Crippen LogP contribution in [0.5, 0.6) is 0 Å². The van der Waals surface area contributed by atoms with E-state index in [1.165, 1.54) is 12.1 Å². The SMILES string of the molecule is CCC(C#N)NC(C)Cc1ccc(F)cc1. The lowest BCUT2D eigenvalue weighted by molar-refractivity contribution is 0.490. The Morgan fingerprint density at radius 2 is 2.00 bits per heavy atom. The largest absolute Gasteiger partial charge is 0.299 e. The van der Waals surface area contributed by atoms with E-state index in [-0.39, 0.29) is 17.9 Å². The van der Waals surface area contributed by atoms with Gasteiger partial charge in [0.25, 0.3) is 0 Å². The minimum atomic E-state index is -0.215. The molecule has 0 saturated heterocycles. The summed E-state index contributed by atoms with van der Waals surface area (Å²) in [6.07, 6.45) is 1.60.